The van der Waals surface area contributed by atoms with Gasteiger partial charge < -0.3 is 9.05 Å². The topological polar surface area (TPSA) is 35.5 Å². The molecule has 0 spiro atoms. The summed E-state index contributed by atoms with van der Waals surface area (Å²) in [6.45, 7) is 6.45. The maximum Gasteiger partial charge on any atom is 0.335 e. The summed E-state index contributed by atoms with van der Waals surface area (Å²) in [7, 11) is -3.10. The lowest BCUT2D eigenvalue weighted by Crippen LogP contribution is -1.99. The summed E-state index contributed by atoms with van der Waals surface area (Å²) in [5.74, 6) is 6.43. The molecule has 3 rings (SSSR count). The molecule has 0 bridgehead atoms. The summed E-state index contributed by atoms with van der Waals surface area (Å²) in [5, 5.41) is 2.18. The maximum atomic E-state index is 12.8. The van der Waals surface area contributed by atoms with E-state index in [1.165, 1.54) is 5.56 Å². The highest BCUT2D eigenvalue weighted by Crippen LogP contribution is 2.51. The zero-order valence-corrected chi connectivity index (χ0v) is 17.5. The molecule has 0 aromatic heterocycles. The molecule has 4 heteroatoms. The minimum Gasteiger partial charge on any atom is -0.309 e. The Morgan fingerprint density at radius 1 is 0.786 bits per heavy atom. The zero-order valence-electron chi connectivity index (χ0n) is 16.6. The van der Waals surface area contributed by atoms with Crippen LogP contribution >= 0.6 is 7.60 Å². The van der Waals surface area contributed by atoms with Gasteiger partial charge >= 0.3 is 7.60 Å². The van der Waals surface area contributed by atoms with E-state index in [1.807, 2.05) is 56.3 Å². The predicted octanol–water partition coefficient (Wildman–Crippen LogP) is 6.31. The van der Waals surface area contributed by atoms with E-state index < -0.39 is 7.60 Å². The van der Waals surface area contributed by atoms with Crippen molar-refractivity contribution < 1.29 is 13.6 Å². The van der Waals surface area contributed by atoms with Crippen molar-refractivity contribution in [2.24, 2.45) is 0 Å². The van der Waals surface area contributed by atoms with Crippen LogP contribution in [0, 0.1) is 18.8 Å². The van der Waals surface area contributed by atoms with Crippen LogP contribution in [0.5, 0.6) is 0 Å². The van der Waals surface area contributed by atoms with Gasteiger partial charge in [-0.25, -0.2) is 0 Å². The molecule has 0 fully saturated rings. The Morgan fingerprint density at radius 2 is 1.36 bits per heavy atom. The normalized spacial score (nSPS) is 11.2. The van der Waals surface area contributed by atoms with Gasteiger partial charge in [0.2, 0.25) is 0 Å². The van der Waals surface area contributed by atoms with Crippen LogP contribution in [0.1, 0.15) is 36.1 Å². The van der Waals surface area contributed by atoms with Gasteiger partial charge in [0, 0.05) is 11.1 Å². The van der Waals surface area contributed by atoms with E-state index in [-0.39, 0.29) is 6.16 Å². The van der Waals surface area contributed by atoms with E-state index in [0.29, 0.717) is 13.2 Å². The van der Waals surface area contributed by atoms with Crippen LogP contribution in [0.3, 0.4) is 0 Å². The van der Waals surface area contributed by atoms with Crippen molar-refractivity contribution >= 4 is 18.4 Å². The van der Waals surface area contributed by atoms with Crippen LogP contribution in [0.25, 0.3) is 10.8 Å². The quantitative estimate of drug-likeness (QED) is 0.364. The minimum atomic E-state index is -3.10. The highest BCUT2D eigenvalue weighted by Gasteiger charge is 2.24. The van der Waals surface area contributed by atoms with Gasteiger partial charge in [-0.3, -0.25) is 4.57 Å². The smallest absolute Gasteiger partial charge is 0.309 e. The average Bonchev–Trinajstić information content (AvgIpc) is 2.68. The molecule has 0 aliphatic heterocycles. The summed E-state index contributed by atoms with van der Waals surface area (Å²) >= 11 is 0. The second-order valence-corrected chi connectivity index (χ2v) is 8.67. The van der Waals surface area contributed by atoms with Gasteiger partial charge in [-0.15, -0.1) is 0 Å². The molecule has 0 heterocycles. The van der Waals surface area contributed by atoms with Gasteiger partial charge in [0.05, 0.1) is 19.4 Å². The third-order valence-corrected chi connectivity index (χ3v) is 6.39. The lowest BCUT2D eigenvalue weighted by Gasteiger charge is -2.17. The molecule has 0 aliphatic carbocycles. The fourth-order valence-corrected chi connectivity index (χ4v) is 4.69. The third kappa shape index (κ3) is 5.33. The van der Waals surface area contributed by atoms with E-state index in [0.717, 1.165) is 27.5 Å². The van der Waals surface area contributed by atoms with Crippen LogP contribution in [0.4, 0.5) is 0 Å². The second-order valence-electron chi connectivity index (χ2n) is 6.62. The third-order valence-electron chi connectivity index (χ3n) is 4.34. The Hall–Kier alpha value is -2.37. The van der Waals surface area contributed by atoms with Crippen molar-refractivity contribution in [3.63, 3.8) is 0 Å². The molecule has 0 unspecified atom stereocenters. The van der Waals surface area contributed by atoms with Crippen LogP contribution < -0.4 is 0 Å². The number of hydrogen-bond donors (Lipinski definition) is 0. The first-order valence-electron chi connectivity index (χ1n) is 9.51. The summed E-state index contributed by atoms with van der Waals surface area (Å²) in [6.07, 6.45) is 0.277. The molecule has 0 atom stereocenters. The first-order chi connectivity index (χ1) is 13.5. The number of benzene rings is 3. The van der Waals surface area contributed by atoms with Crippen molar-refractivity contribution in [1.29, 1.82) is 0 Å². The lowest BCUT2D eigenvalue weighted by molar-refractivity contribution is 0.219. The number of rotatable bonds is 6. The van der Waals surface area contributed by atoms with Crippen LogP contribution in [0.15, 0.2) is 60.7 Å². The molecule has 0 radical (unpaired) electrons. The van der Waals surface area contributed by atoms with Crippen LogP contribution in [-0.4, -0.2) is 13.2 Å². The summed E-state index contributed by atoms with van der Waals surface area (Å²) in [6, 6.07) is 20.4. The first kappa shape index (κ1) is 20.4. The fourth-order valence-electron chi connectivity index (χ4n) is 3.00. The van der Waals surface area contributed by atoms with Gasteiger partial charge in [0.1, 0.15) is 0 Å². The average molecular weight is 392 g/mol. The van der Waals surface area contributed by atoms with Crippen molar-refractivity contribution in [2.75, 3.05) is 13.2 Å². The molecule has 0 aliphatic rings. The molecular weight excluding hydrogens is 367 g/mol. The fraction of sp³-hybridized carbons (Fsp3) is 0.250. The Balaban J connectivity index is 1.82. The number of fused-ring (bicyclic) bond motifs is 1. The molecule has 3 nitrogen and oxygen atoms in total. The second kappa shape index (κ2) is 9.22. The van der Waals surface area contributed by atoms with Crippen molar-refractivity contribution in [2.45, 2.75) is 26.9 Å². The van der Waals surface area contributed by atoms with Gasteiger partial charge in [0.25, 0.3) is 0 Å². The van der Waals surface area contributed by atoms with Crippen molar-refractivity contribution in [3.05, 3.63) is 82.9 Å². The van der Waals surface area contributed by atoms with Gasteiger partial charge in [-0.2, -0.15) is 0 Å². The van der Waals surface area contributed by atoms with E-state index >= 15 is 0 Å². The molecule has 0 saturated carbocycles. The summed E-state index contributed by atoms with van der Waals surface area (Å²) in [5.41, 5.74) is 4.14. The zero-order chi connectivity index (χ0) is 20.0. The molecule has 0 saturated heterocycles. The highest BCUT2D eigenvalue weighted by molar-refractivity contribution is 7.53. The Labute approximate surface area is 167 Å². The van der Waals surface area contributed by atoms with E-state index in [1.54, 1.807) is 0 Å². The van der Waals surface area contributed by atoms with Crippen LogP contribution in [0.2, 0.25) is 0 Å². The number of hydrogen-bond acceptors (Lipinski definition) is 3. The SMILES string of the molecule is CCOP(=O)(Cc1ccc2cc(C#Cc3ccc(C)cc3)ccc2c1)OCC. The van der Waals surface area contributed by atoms with E-state index in [2.05, 4.69) is 37.0 Å². The summed E-state index contributed by atoms with van der Waals surface area (Å²) in [4.78, 5) is 0. The van der Waals surface area contributed by atoms with Crippen molar-refractivity contribution in [1.82, 2.24) is 0 Å². The molecular formula is C24H25O3P. The molecule has 3 aromatic rings. The monoisotopic (exact) mass is 392 g/mol. The van der Waals surface area contributed by atoms with E-state index in [9.17, 15) is 4.57 Å². The minimum absolute atomic E-state index is 0.277. The van der Waals surface area contributed by atoms with Crippen LogP contribution in [-0.2, 0) is 19.8 Å². The maximum absolute atomic E-state index is 12.8. The molecule has 0 N–H and O–H groups in total. The molecule has 0 amide bonds. The Bertz CT molecular complexity index is 1050. The standard InChI is InChI=1S/C24H25O3P/c1-4-26-28(25,27-5-2)18-22-13-15-23-16-21(12-14-24(23)17-22)11-10-20-8-6-19(3)7-9-20/h6-9,12-17H,4-5,18H2,1-3H3. The molecule has 3 aromatic carbocycles. The van der Waals surface area contributed by atoms with Gasteiger partial charge in [-0.1, -0.05) is 53.8 Å². The van der Waals surface area contributed by atoms with Gasteiger partial charge in [-0.05, 0) is 61.4 Å². The predicted molar refractivity (Wildman–Crippen MR) is 116 cm³/mol. The largest absolute Gasteiger partial charge is 0.335 e. The highest BCUT2D eigenvalue weighted by atomic mass is 31.2. The molecule has 144 valence electrons. The van der Waals surface area contributed by atoms with E-state index in [4.69, 9.17) is 9.05 Å². The summed E-state index contributed by atoms with van der Waals surface area (Å²) < 4.78 is 23.6. The lowest BCUT2D eigenvalue weighted by atomic mass is 10.0. The molecule has 28 heavy (non-hydrogen) atoms. The number of aryl methyl sites for hydroxylation is 1. The first-order valence-corrected chi connectivity index (χ1v) is 11.2. The van der Waals surface area contributed by atoms with Gasteiger partial charge in [0.15, 0.2) is 0 Å². The van der Waals surface area contributed by atoms with Crippen molar-refractivity contribution in [3.8, 4) is 11.8 Å². The Kier molecular flexibility index (Phi) is 6.70. The Morgan fingerprint density at radius 3 is 2.04 bits per heavy atom.